The number of rotatable bonds is 2. The average molecular weight is 365 g/mol. The van der Waals surface area contributed by atoms with Crippen molar-refractivity contribution < 1.29 is 31.1 Å². The highest BCUT2D eigenvalue weighted by atomic mass is 19.4. The van der Waals surface area contributed by atoms with Gasteiger partial charge in [0, 0.05) is 5.69 Å². The highest BCUT2D eigenvalue weighted by molar-refractivity contribution is 5.56. The second kappa shape index (κ2) is 7.67. The molecule has 2 aromatic rings. The molecule has 2 nitrogen and oxygen atoms in total. The molecule has 0 radical (unpaired) electrons. The monoisotopic (exact) mass is 365 g/mol. The molecule has 0 atom stereocenters. The summed E-state index contributed by atoms with van der Waals surface area (Å²) in [5.74, 6) is -1.46. The summed E-state index contributed by atoms with van der Waals surface area (Å²) in [5.41, 5.74) is 2.15. The molecule has 0 heterocycles. The molecule has 0 aromatic heterocycles. The van der Waals surface area contributed by atoms with Crippen molar-refractivity contribution in [2.75, 3.05) is 5.73 Å². The van der Waals surface area contributed by atoms with Gasteiger partial charge in [-0.3, -0.25) is 0 Å². The van der Waals surface area contributed by atoms with E-state index in [4.69, 9.17) is 10.5 Å². The van der Waals surface area contributed by atoms with E-state index >= 15 is 0 Å². The molecule has 2 N–H and O–H groups in total. The quantitative estimate of drug-likeness (QED) is 0.491. The van der Waals surface area contributed by atoms with Crippen molar-refractivity contribution in [1.82, 2.24) is 0 Å². The third kappa shape index (κ3) is 5.30. The van der Waals surface area contributed by atoms with Gasteiger partial charge in [-0.15, -0.1) is 0 Å². The fraction of sp³-hybridized carbons (Fsp3) is 0.294. The van der Waals surface area contributed by atoms with Crippen LogP contribution in [-0.4, -0.2) is 0 Å². The standard InChI is InChI=1S/C15H11F6NO.C2H6/c1-8-2-4-10(5-3-8)23-13-11(14(16,17)18)6-9(22)7-12(13)15(19,20)21;1-2/h2-7H,22H2,1H3;1-2H3. The molecular weight excluding hydrogens is 348 g/mol. The molecule has 2 aromatic carbocycles. The number of anilines is 1. The van der Waals surface area contributed by atoms with Crippen LogP contribution in [0.2, 0.25) is 0 Å². The minimum absolute atomic E-state index is 0.142. The van der Waals surface area contributed by atoms with Crippen LogP contribution in [0.15, 0.2) is 36.4 Å². The molecule has 0 aliphatic rings. The number of benzene rings is 2. The summed E-state index contributed by atoms with van der Waals surface area (Å²) in [7, 11) is 0. The van der Waals surface area contributed by atoms with Crippen molar-refractivity contribution in [2.24, 2.45) is 0 Å². The molecule has 0 saturated heterocycles. The van der Waals surface area contributed by atoms with Crippen LogP contribution in [0.4, 0.5) is 32.0 Å². The van der Waals surface area contributed by atoms with Gasteiger partial charge < -0.3 is 10.5 Å². The Morgan fingerprint density at radius 2 is 1.20 bits per heavy atom. The number of aryl methyl sites for hydroxylation is 1. The Hall–Kier alpha value is -2.38. The first kappa shape index (κ1) is 20.7. The summed E-state index contributed by atoms with van der Waals surface area (Å²) >= 11 is 0. The SMILES string of the molecule is CC.Cc1ccc(Oc2c(C(F)(F)F)cc(N)cc2C(F)(F)F)cc1. The summed E-state index contributed by atoms with van der Waals surface area (Å²) in [4.78, 5) is 0. The molecule has 0 amide bonds. The normalized spacial score (nSPS) is 11.6. The molecule has 0 fully saturated rings. The minimum Gasteiger partial charge on any atom is -0.456 e. The summed E-state index contributed by atoms with van der Waals surface area (Å²) < 4.78 is 83.3. The van der Waals surface area contributed by atoms with E-state index in [0.717, 1.165) is 5.56 Å². The van der Waals surface area contributed by atoms with Crippen molar-refractivity contribution >= 4 is 5.69 Å². The Kier molecular flexibility index (Phi) is 6.34. The van der Waals surface area contributed by atoms with Gasteiger partial charge in [0.2, 0.25) is 0 Å². The first-order valence-corrected chi connectivity index (χ1v) is 7.31. The summed E-state index contributed by atoms with van der Waals surface area (Å²) in [6.07, 6.45) is -10.1. The van der Waals surface area contributed by atoms with Crippen LogP contribution >= 0.6 is 0 Å². The lowest BCUT2D eigenvalue weighted by Gasteiger charge is -2.19. The maximum Gasteiger partial charge on any atom is 0.420 e. The lowest BCUT2D eigenvalue weighted by Crippen LogP contribution is -2.15. The lowest BCUT2D eigenvalue weighted by atomic mass is 10.1. The van der Waals surface area contributed by atoms with Crippen molar-refractivity contribution in [2.45, 2.75) is 33.1 Å². The molecule has 0 bridgehead atoms. The van der Waals surface area contributed by atoms with Crippen molar-refractivity contribution in [3.05, 3.63) is 53.1 Å². The van der Waals surface area contributed by atoms with Crippen molar-refractivity contribution in [3.8, 4) is 11.5 Å². The smallest absolute Gasteiger partial charge is 0.420 e. The molecule has 0 unspecified atom stereocenters. The van der Waals surface area contributed by atoms with Gasteiger partial charge in [0.1, 0.15) is 16.9 Å². The van der Waals surface area contributed by atoms with Gasteiger partial charge in [0.05, 0.1) is 0 Å². The number of hydrogen-bond donors (Lipinski definition) is 1. The Balaban J connectivity index is 0.00000151. The summed E-state index contributed by atoms with van der Waals surface area (Å²) in [5, 5.41) is 0. The van der Waals surface area contributed by atoms with Gasteiger partial charge in [0.25, 0.3) is 0 Å². The zero-order valence-corrected chi connectivity index (χ0v) is 13.7. The Bertz CT molecular complexity index is 670. The number of hydrogen-bond acceptors (Lipinski definition) is 2. The lowest BCUT2D eigenvalue weighted by molar-refractivity contribution is -0.144. The van der Waals surface area contributed by atoms with Crippen LogP contribution in [0.25, 0.3) is 0 Å². The van der Waals surface area contributed by atoms with Gasteiger partial charge in [-0.2, -0.15) is 26.3 Å². The van der Waals surface area contributed by atoms with Gasteiger partial charge >= 0.3 is 12.4 Å². The van der Waals surface area contributed by atoms with Gasteiger partial charge in [-0.05, 0) is 31.2 Å². The topological polar surface area (TPSA) is 35.2 Å². The number of ether oxygens (including phenoxy) is 1. The number of halogens is 6. The van der Waals surface area contributed by atoms with E-state index in [9.17, 15) is 26.3 Å². The van der Waals surface area contributed by atoms with E-state index in [2.05, 4.69) is 0 Å². The van der Waals surface area contributed by atoms with Crippen LogP contribution in [0, 0.1) is 6.92 Å². The van der Waals surface area contributed by atoms with Gasteiger partial charge in [-0.1, -0.05) is 31.5 Å². The second-order valence-electron chi connectivity index (χ2n) is 4.86. The molecule has 8 heteroatoms. The zero-order chi connectivity index (χ0) is 19.4. The van der Waals surface area contributed by atoms with Gasteiger partial charge in [0.15, 0.2) is 5.75 Å². The van der Waals surface area contributed by atoms with Crippen LogP contribution < -0.4 is 10.5 Å². The van der Waals surface area contributed by atoms with Crippen LogP contribution in [-0.2, 0) is 12.4 Å². The predicted octanol–water partition coefficient (Wildman–Crippen LogP) is 6.43. The maximum absolute atomic E-state index is 13.1. The summed E-state index contributed by atoms with van der Waals surface area (Å²) in [6.45, 7) is 5.72. The first-order chi connectivity index (χ1) is 11.5. The Labute approximate surface area is 141 Å². The number of nitrogens with two attached hydrogens (primary N) is 1. The van der Waals surface area contributed by atoms with Crippen LogP contribution in [0.5, 0.6) is 11.5 Å². The van der Waals surface area contributed by atoms with Crippen molar-refractivity contribution in [3.63, 3.8) is 0 Å². The van der Waals surface area contributed by atoms with E-state index in [-0.39, 0.29) is 5.75 Å². The second-order valence-corrected chi connectivity index (χ2v) is 4.86. The van der Waals surface area contributed by atoms with Crippen LogP contribution in [0.1, 0.15) is 30.5 Å². The van der Waals surface area contributed by atoms with E-state index in [1.54, 1.807) is 6.92 Å². The average Bonchev–Trinajstić information content (AvgIpc) is 2.50. The maximum atomic E-state index is 13.1. The Morgan fingerprint density at radius 3 is 1.56 bits per heavy atom. The van der Waals surface area contributed by atoms with Crippen LogP contribution in [0.3, 0.4) is 0 Å². The zero-order valence-electron chi connectivity index (χ0n) is 13.7. The largest absolute Gasteiger partial charge is 0.456 e. The van der Waals surface area contributed by atoms with Gasteiger partial charge in [-0.25, -0.2) is 0 Å². The molecule has 138 valence electrons. The molecular formula is C17H17F6NO. The van der Waals surface area contributed by atoms with E-state index in [1.807, 2.05) is 13.8 Å². The molecule has 2 rings (SSSR count). The molecule has 25 heavy (non-hydrogen) atoms. The Morgan fingerprint density at radius 1 is 0.800 bits per heavy atom. The van der Waals surface area contributed by atoms with E-state index in [0.29, 0.717) is 12.1 Å². The minimum atomic E-state index is -5.05. The summed E-state index contributed by atoms with van der Waals surface area (Å²) in [6, 6.07) is 6.41. The third-order valence-corrected chi connectivity index (χ3v) is 2.96. The number of alkyl halides is 6. The van der Waals surface area contributed by atoms with E-state index < -0.39 is 34.9 Å². The number of nitrogen functional groups attached to an aromatic ring is 1. The fourth-order valence-corrected chi connectivity index (χ4v) is 1.91. The molecule has 0 spiro atoms. The molecule has 0 aliphatic heterocycles. The molecule has 0 aliphatic carbocycles. The van der Waals surface area contributed by atoms with E-state index in [1.165, 1.54) is 24.3 Å². The highest BCUT2D eigenvalue weighted by Gasteiger charge is 2.42. The highest BCUT2D eigenvalue weighted by Crippen LogP contribution is 2.46. The predicted molar refractivity (Wildman–Crippen MR) is 83.5 cm³/mol. The third-order valence-electron chi connectivity index (χ3n) is 2.96. The molecule has 0 saturated carbocycles. The fourth-order valence-electron chi connectivity index (χ4n) is 1.91. The van der Waals surface area contributed by atoms with Crippen molar-refractivity contribution in [1.29, 1.82) is 0 Å². The first-order valence-electron chi connectivity index (χ1n) is 7.31.